The summed E-state index contributed by atoms with van der Waals surface area (Å²) in [6, 6.07) is 0. The SMILES string of the molecule is NCC1CCC(c2nc(C3CCCC3)no2)CC1. The second kappa shape index (κ2) is 5.39. The van der Waals surface area contributed by atoms with Crippen LogP contribution in [-0.4, -0.2) is 16.7 Å². The molecule has 100 valence electrons. The van der Waals surface area contributed by atoms with Crippen molar-refractivity contribution in [2.45, 2.75) is 63.2 Å². The Kier molecular flexibility index (Phi) is 3.64. The lowest BCUT2D eigenvalue weighted by Gasteiger charge is -2.24. The van der Waals surface area contributed by atoms with Crippen LogP contribution in [0.1, 0.15) is 74.9 Å². The Hall–Kier alpha value is -0.900. The van der Waals surface area contributed by atoms with E-state index in [0.29, 0.717) is 17.8 Å². The molecule has 4 nitrogen and oxygen atoms in total. The lowest BCUT2D eigenvalue weighted by molar-refractivity contribution is 0.273. The summed E-state index contributed by atoms with van der Waals surface area (Å²) in [7, 11) is 0. The van der Waals surface area contributed by atoms with Crippen LogP contribution in [0.25, 0.3) is 0 Å². The van der Waals surface area contributed by atoms with Crippen molar-refractivity contribution in [1.29, 1.82) is 0 Å². The van der Waals surface area contributed by atoms with Gasteiger partial charge in [-0.05, 0) is 51.0 Å². The van der Waals surface area contributed by atoms with Crippen molar-refractivity contribution in [1.82, 2.24) is 10.1 Å². The maximum absolute atomic E-state index is 5.72. The highest BCUT2D eigenvalue weighted by molar-refractivity contribution is 5.01. The lowest BCUT2D eigenvalue weighted by Crippen LogP contribution is -2.20. The van der Waals surface area contributed by atoms with Gasteiger partial charge >= 0.3 is 0 Å². The Labute approximate surface area is 108 Å². The number of hydrogen-bond donors (Lipinski definition) is 1. The van der Waals surface area contributed by atoms with Crippen LogP contribution in [0.2, 0.25) is 0 Å². The van der Waals surface area contributed by atoms with Gasteiger partial charge < -0.3 is 10.3 Å². The van der Waals surface area contributed by atoms with Gasteiger partial charge in [-0.15, -0.1) is 0 Å². The number of hydrogen-bond acceptors (Lipinski definition) is 4. The summed E-state index contributed by atoms with van der Waals surface area (Å²) >= 11 is 0. The average molecular weight is 249 g/mol. The fourth-order valence-electron chi connectivity index (χ4n) is 3.41. The fraction of sp³-hybridized carbons (Fsp3) is 0.857. The van der Waals surface area contributed by atoms with Gasteiger partial charge in [0, 0.05) is 11.8 Å². The number of aromatic nitrogens is 2. The summed E-state index contributed by atoms with van der Waals surface area (Å²) in [6.45, 7) is 0.823. The van der Waals surface area contributed by atoms with Crippen LogP contribution in [0.15, 0.2) is 4.52 Å². The molecule has 1 aromatic rings. The van der Waals surface area contributed by atoms with E-state index in [2.05, 4.69) is 10.1 Å². The second-order valence-corrected chi connectivity index (χ2v) is 5.93. The van der Waals surface area contributed by atoms with E-state index in [1.54, 1.807) is 0 Å². The molecule has 0 saturated heterocycles. The van der Waals surface area contributed by atoms with Crippen molar-refractivity contribution in [2.75, 3.05) is 6.54 Å². The number of rotatable bonds is 3. The van der Waals surface area contributed by atoms with Crippen molar-refractivity contribution in [3.05, 3.63) is 11.7 Å². The summed E-state index contributed by atoms with van der Waals surface area (Å²) < 4.78 is 5.49. The highest BCUT2D eigenvalue weighted by Crippen LogP contribution is 2.37. The predicted molar refractivity (Wildman–Crippen MR) is 69.3 cm³/mol. The van der Waals surface area contributed by atoms with Crippen LogP contribution >= 0.6 is 0 Å². The van der Waals surface area contributed by atoms with Crippen LogP contribution in [0, 0.1) is 5.92 Å². The smallest absolute Gasteiger partial charge is 0.229 e. The highest BCUT2D eigenvalue weighted by Gasteiger charge is 2.28. The monoisotopic (exact) mass is 249 g/mol. The van der Waals surface area contributed by atoms with Crippen molar-refractivity contribution in [2.24, 2.45) is 11.7 Å². The molecule has 2 N–H and O–H groups in total. The maximum Gasteiger partial charge on any atom is 0.229 e. The molecular weight excluding hydrogens is 226 g/mol. The predicted octanol–water partition coefficient (Wildman–Crippen LogP) is 2.96. The molecule has 2 aliphatic carbocycles. The zero-order chi connectivity index (χ0) is 12.4. The van der Waals surface area contributed by atoms with E-state index in [1.165, 1.54) is 38.5 Å². The largest absolute Gasteiger partial charge is 0.339 e. The third-order valence-corrected chi connectivity index (χ3v) is 4.71. The first-order valence-electron chi connectivity index (χ1n) is 7.40. The number of nitrogens with zero attached hydrogens (tertiary/aromatic N) is 2. The third-order valence-electron chi connectivity index (χ3n) is 4.71. The molecule has 0 spiro atoms. The van der Waals surface area contributed by atoms with E-state index in [9.17, 15) is 0 Å². The molecule has 18 heavy (non-hydrogen) atoms. The van der Waals surface area contributed by atoms with Gasteiger partial charge in [-0.25, -0.2) is 0 Å². The highest BCUT2D eigenvalue weighted by atomic mass is 16.5. The summed E-state index contributed by atoms with van der Waals surface area (Å²) in [6.07, 6.45) is 9.84. The Bertz CT molecular complexity index is 376. The Morgan fingerprint density at radius 1 is 1.00 bits per heavy atom. The van der Waals surface area contributed by atoms with Gasteiger partial charge in [-0.2, -0.15) is 4.98 Å². The molecule has 0 amide bonds. The minimum atomic E-state index is 0.482. The van der Waals surface area contributed by atoms with Gasteiger partial charge in [0.15, 0.2) is 5.82 Å². The fourth-order valence-corrected chi connectivity index (χ4v) is 3.41. The van der Waals surface area contributed by atoms with Crippen molar-refractivity contribution in [3.63, 3.8) is 0 Å². The minimum absolute atomic E-state index is 0.482. The third kappa shape index (κ3) is 2.44. The maximum atomic E-state index is 5.72. The second-order valence-electron chi connectivity index (χ2n) is 5.93. The van der Waals surface area contributed by atoms with E-state index in [4.69, 9.17) is 10.3 Å². The molecule has 0 bridgehead atoms. The average Bonchev–Trinajstić information content (AvgIpc) is 3.09. The normalized spacial score (nSPS) is 29.8. The van der Waals surface area contributed by atoms with Crippen LogP contribution in [0.3, 0.4) is 0 Å². The molecule has 3 rings (SSSR count). The Balaban J connectivity index is 1.62. The van der Waals surface area contributed by atoms with Gasteiger partial charge in [0.25, 0.3) is 0 Å². The molecule has 4 heteroatoms. The summed E-state index contributed by atoms with van der Waals surface area (Å²) in [5, 5.41) is 4.20. The molecule has 1 heterocycles. The molecular formula is C14H23N3O. The van der Waals surface area contributed by atoms with E-state index in [0.717, 1.165) is 31.1 Å². The molecule has 2 fully saturated rings. The molecule has 0 unspecified atom stereocenters. The minimum Gasteiger partial charge on any atom is -0.339 e. The summed E-state index contributed by atoms with van der Waals surface area (Å²) in [5.41, 5.74) is 5.72. The molecule has 0 radical (unpaired) electrons. The van der Waals surface area contributed by atoms with Gasteiger partial charge in [0.2, 0.25) is 5.89 Å². The van der Waals surface area contributed by atoms with Gasteiger partial charge in [-0.1, -0.05) is 18.0 Å². The quantitative estimate of drug-likeness (QED) is 0.894. The first-order valence-corrected chi connectivity index (χ1v) is 7.40. The Morgan fingerprint density at radius 3 is 2.39 bits per heavy atom. The Morgan fingerprint density at radius 2 is 1.72 bits per heavy atom. The van der Waals surface area contributed by atoms with Gasteiger partial charge in [0.05, 0.1) is 0 Å². The zero-order valence-electron chi connectivity index (χ0n) is 11.0. The van der Waals surface area contributed by atoms with Crippen LogP contribution in [0.4, 0.5) is 0 Å². The lowest BCUT2D eigenvalue weighted by atomic mass is 9.82. The molecule has 2 aliphatic rings. The van der Waals surface area contributed by atoms with Crippen LogP contribution in [0.5, 0.6) is 0 Å². The summed E-state index contributed by atoms with van der Waals surface area (Å²) in [4.78, 5) is 4.66. The number of nitrogens with two attached hydrogens (primary N) is 1. The molecule has 1 aromatic heterocycles. The van der Waals surface area contributed by atoms with Crippen molar-refractivity contribution >= 4 is 0 Å². The molecule has 0 aromatic carbocycles. The van der Waals surface area contributed by atoms with E-state index in [-0.39, 0.29) is 0 Å². The van der Waals surface area contributed by atoms with E-state index >= 15 is 0 Å². The molecule has 0 aliphatic heterocycles. The first-order chi connectivity index (χ1) is 8.86. The van der Waals surface area contributed by atoms with E-state index < -0.39 is 0 Å². The molecule has 0 atom stereocenters. The zero-order valence-corrected chi connectivity index (χ0v) is 11.0. The van der Waals surface area contributed by atoms with Gasteiger partial charge in [0.1, 0.15) is 0 Å². The van der Waals surface area contributed by atoms with Crippen molar-refractivity contribution < 1.29 is 4.52 Å². The first kappa shape index (κ1) is 12.2. The standard InChI is InChI=1S/C14H23N3O/c15-9-10-5-7-12(8-6-10)14-16-13(17-18-14)11-3-1-2-4-11/h10-12H,1-9,15H2. The van der Waals surface area contributed by atoms with E-state index in [1.807, 2.05) is 0 Å². The summed E-state index contributed by atoms with van der Waals surface area (Å²) in [5.74, 6) is 3.59. The van der Waals surface area contributed by atoms with Crippen LogP contribution in [-0.2, 0) is 0 Å². The molecule has 2 saturated carbocycles. The van der Waals surface area contributed by atoms with Crippen molar-refractivity contribution in [3.8, 4) is 0 Å². The van der Waals surface area contributed by atoms with Gasteiger partial charge in [-0.3, -0.25) is 0 Å². The van der Waals surface area contributed by atoms with Crippen LogP contribution < -0.4 is 5.73 Å². The topological polar surface area (TPSA) is 64.9 Å².